The average Bonchev–Trinajstić information content (AvgIpc) is 3.14. The van der Waals surface area contributed by atoms with Gasteiger partial charge in [-0.2, -0.15) is 0 Å². The maximum atomic E-state index is 12.8. The summed E-state index contributed by atoms with van der Waals surface area (Å²) >= 11 is 1.39. The monoisotopic (exact) mass is 414 g/mol. The van der Waals surface area contributed by atoms with Crippen LogP contribution in [0.3, 0.4) is 0 Å². The molecule has 1 aromatic heterocycles. The van der Waals surface area contributed by atoms with Gasteiger partial charge in [-0.25, -0.2) is 8.42 Å². The van der Waals surface area contributed by atoms with E-state index in [0.717, 1.165) is 16.7 Å². The molecule has 0 aliphatic carbocycles. The van der Waals surface area contributed by atoms with Gasteiger partial charge in [-0.05, 0) is 61.5 Å². The first-order valence-electron chi connectivity index (χ1n) is 8.86. The summed E-state index contributed by atoms with van der Waals surface area (Å²) in [4.78, 5) is 13.4. The van der Waals surface area contributed by atoms with Gasteiger partial charge in [0.2, 0.25) is 10.0 Å². The number of amides is 1. The number of hydrogen-bond acceptors (Lipinski definition) is 4. The van der Waals surface area contributed by atoms with Crippen molar-refractivity contribution in [3.05, 3.63) is 69.9 Å². The van der Waals surface area contributed by atoms with E-state index >= 15 is 0 Å². The first-order valence-corrected chi connectivity index (χ1v) is 11.4. The largest absolute Gasteiger partial charge is 0.321 e. The van der Waals surface area contributed by atoms with Crippen LogP contribution in [0.5, 0.6) is 0 Å². The van der Waals surface area contributed by atoms with Crippen molar-refractivity contribution in [1.29, 1.82) is 0 Å². The average molecular weight is 415 g/mol. The van der Waals surface area contributed by atoms with Gasteiger partial charge in [-0.1, -0.05) is 29.8 Å². The minimum Gasteiger partial charge on any atom is -0.321 e. The van der Waals surface area contributed by atoms with Crippen molar-refractivity contribution < 1.29 is 13.2 Å². The third-order valence-electron chi connectivity index (χ3n) is 4.36. The van der Waals surface area contributed by atoms with E-state index in [2.05, 4.69) is 10.0 Å². The molecule has 2 aromatic carbocycles. The lowest BCUT2D eigenvalue weighted by Crippen LogP contribution is -2.16. The highest BCUT2D eigenvalue weighted by Crippen LogP contribution is 2.30. The molecular formula is C21H22N2O3S2. The molecule has 1 amide bonds. The van der Waals surface area contributed by atoms with Crippen LogP contribution in [0.4, 0.5) is 11.4 Å². The standard InChI is InChI=1S/C21H22N2O3S2/c1-4-28(25,26)23-19-10-9-17(13-15(19)3)22-21(24)20-18(11-12-27-20)16-7-5-14(2)6-8-16/h5-13,23H,4H2,1-3H3,(H,22,24). The highest BCUT2D eigenvalue weighted by Gasteiger charge is 2.16. The molecule has 0 atom stereocenters. The Morgan fingerprint density at radius 1 is 1.04 bits per heavy atom. The number of thiophene rings is 1. The molecule has 0 aliphatic heterocycles. The fourth-order valence-corrected chi connectivity index (χ4v) is 4.25. The third-order valence-corrected chi connectivity index (χ3v) is 6.57. The van der Waals surface area contributed by atoms with Gasteiger partial charge in [-0.15, -0.1) is 11.3 Å². The smallest absolute Gasteiger partial charge is 0.266 e. The maximum absolute atomic E-state index is 12.8. The summed E-state index contributed by atoms with van der Waals surface area (Å²) in [6, 6.07) is 15.1. The fraction of sp³-hybridized carbons (Fsp3) is 0.190. The van der Waals surface area contributed by atoms with E-state index in [1.165, 1.54) is 16.9 Å². The quantitative estimate of drug-likeness (QED) is 0.593. The Kier molecular flexibility index (Phi) is 5.86. The lowest BCUT2D eigenvalue weighted by atomic mass is 10.0. The number of sulfonamides is 1. The molecule has 0 spiro atoms. The zero-order valence-electron chi connectivity index (χ0n) is 15.9. The molecule has 1 heterocycles. The number of nitrogens with one attached hydrogen (secondary N) is 2. The van der Waals surface area contributed by atoms with Crippen molar-refractivity contribution in [2.45, 2.75) is 20.8 Å². The highest BCUT2D eigenvalue weighted by atomic mass is 32.2. The molecule has 3 aromatic rings. The number of aryl methyl sites for hydroxylation is 2. The van der Waals surface area contributed by atoms with Crippen molar-refractivity contribution in [2.75, 3.05) is 15.8 Å². The molecule has 2 N–H and O–H groups in total. The van der Waals surface area contributed by atoms with Crippen molar-refractivity contribution in [2.24, 2.45) is 0 Å². The Morgan fingerprint density at radius 2 is 1.75 bits per heavy atom. The molecule has 0 radical (unpaired) electrons. The van der Waals surface area contributed by atoms with Gasteiger partial charge in [0.05, 0.1) is 16.3 Å². The number of carbonyl (C=O) groups is 1. The van der Waals surface area contributed by atoms with E-state index < -0.39 is 10.0 Å². The van der Waals surface area contributed by atoms with Gasteiger partial charge in [0.1, 0.15) is 0 Å². The molecule has 0 bridgehead atoms. The summed E-state index contributed by atoms with van der Waals surface area (Å²) in [5.41, 5.74) is 4.92. The normalized spacial score (nSPS) is 11.2. The predicted molar refractivity (Wildman–Crippen MR) is 117 cm³/mol. The van der Waals surface area contributed by atoms with Crippen LogP contribution in [0.15, 0.2) is 53.9 Å². The van der Waals surface area contributed by atoms with Crippen LogP contribution in [0, 0.1) is 13.8 Å². The minimum atomic E-state index is -3.34. The van der Waals surface area contributed by atoms with E-state index in [1.807, 2.05) is 42.6 Å². The number of anilines is 2. The zero-order valence-corrected chi connectivity index (χ0v) is 17.6. The molecule has 0 fully saturated rings. The first-order chi connectivity index (χ1) is 13.3. The zero-order chi connectivity index (χ0) is 20.3. The van der Waals surface area contributed by atoms with Crippen molar-refractivity contribution in [1.82, 2.24) is 0 Å². The van der Waals surface area contributed by atoms with Crippen LogP contribution in [-0.4, -0.2) is 20.1 Å². The summed E-state index contributed by atoms with van der Waals surface area (Å²) in [6.07, 6.45) is 0. The molecule has 3 rings (SSSR count). The molecule has 28 heavy (non-hydrogen) atoms. The van der Waals surface area contributed by atoms with Crippen LogP contribution in [0.2, 0.25) is 0 Å². The molecule has 0 saturated carbocycles. The molecule has 0 unspecified atom stereocenters. The predicted octanol–water partition coefficient (Wildman–Crippen LogP) is 5.05. The molecule has 5 nitrogen and oxygen atoms in total. The van der Waals surface area contributed by atoms with Crippen LogP contribution >= 0.6 is 11.3 Å². The molecule has 0 aliphatic rings. The SMILES string of the molecule is CCS(=O)(=O)Nc1ccc(NC(=O)c2sccc2-c2ccc(C)cc2)cc1C. The third kappa shape index (κ3) is 4.61. The van der Waals surface area contributed by atoms with Gasteiger partial charge < -0.3 is 5.32 Å². The second-order valence-electron chi connectivity index (χ2n) is 6.52. The van der Waals surface area contributed by atoms with E-state index in [0.29, 0.717) is 16.3 Å². The van der Waals surface area contributed by atoms with Gasteiger partial charge in [0, 0.05) is 11.3 Å². The summed E-state index contributed by atoms with van der Waals surface area (Å²) in [5, 5.41) is 4.81. The minimum absolute atomic E-state index is 0.00505. The second kappa shape index (κ2) is 8.16. The summed E-state index contributed by atoms with van der Waals surface area (Å²) in [5.74, 6) is -0.183. The number of rotatable bonds is 6. The van der Waals surface area contributed by atoms with Gasteiger partial charge in [-0.3, -0.25) is 9.52 Å². The van der Waals surface area contributed by atoms with E-state index in [-0.39, 0.29) is 11.7 Å². The lowest BCUT2D eigenvalue weighted by molar-refractivity contribution is 0.103. The topological polar surface area (TPSA) is 75.3 Å². The second-order valence-corrected chi connectivity index (χ2v) is 9.45. The maximum Gasteiger partial charge on any atom is 0.266 e. The van der Waals surface area contributed by atoms with Crippen LogP contribution in [-0.2, 0) is 10.0 Å². The Hall–Kier alpha value is -2.64. The number of carbonyl (C=O) groups excluding carboxylic acids is 1. The van der Waals surface area contributed by atoms with Crippen molar-refractivity contribution >= 4 is 38.6 Å². The fourth-order valence-electron chi connectivity index (χ4n) is 2.73. The highest BCUT2D eigenvalue weighted by molar-refractivity contribution is 7.92. The van der Waals surface area contributed by atoms with Crippen LogP contribution < -0.4 is 10.0 Å². The van der Waals surface area contributed by atoms with Crippen LogP contribution in [0.25, 0.3) is 11.1 Å². The van der Waals surface area contributed by atoms with E-state index in [9.17, 15) is 13.2 Å². The summed E-state index contributed by atoms with van der Waals surface area (Å²) < 4.78 is 26.0. The molecule has 146 valence electrons. The Labute approximate surface area is 169 Å². The van der Waals surface area contributed by atoms with Gasteiger partial charge >= 0.3 is 0 Å². The van der Waals surface area contributed by atoms with Gasteiger partial charge in [0.25, 0.3) is 5.91 Å². The summed E-state index contributed by atoms with van der Waals surface area (Å²) in [6.45, 7) is 5.41. The van der Waals surface area contributed by atoms with E-state index in [4.69, 9.17) is 0 Å². The Bertz CT molecular complexity index is 1100. The van der Waals surface area contributed by atoms with E-state index in [1.54, 1.807) is 32.0 Å². The van der Waals surface area contributed by atoms with Crippen molar-refractivity contribution in [3.8, 4) is 11.1 Å². The Morgan fingerprint density at radius 3 is 2.39 bits per heavy atom. The molecule has 7 heteroatoms. The van der Waals surface area contributed by atoms with Gasteiger partial charge in [0.15, 0.2) is 0 Å². The number of hydrogen-bond donors (Lipinski definition) is 2. The Balaban J connectivity index is 1.80. The van der Waals surface area contributed by atoms with Crippen molar-refractivity contribution in [3.63, 3.8) is 0 Å². The molecular weight excluding hydrogens is 392 g/mol. The van der Waals surface area contributed by atoms with Crippen LogP contribution in [0.1, 0.15) is 27.7 Å². The summed E-state index contributed by atoms with van der Waals surface area (Å²) in [7, 11) is -3.34. The first kappa shape index (κ1) is 20.1. The lowest BCUT2D eigenvalue weighted by Gasteiger charge is -2.12. The number of benzene rings is 2. The molecule has 0 saturated heterocycles.